The number of benzene rings is 1. The smallest absolute Gasteiger partial charge is 0.311 e. The molecule has 0 radical (unpaired) electrons. The van der Waals surface area contributed by atoms with Crippen molar-refractivity contribution < 1.29 is 19.6 Å². The van der Waals surface area contributed by atoms with Crippen LogP contribution in [0.2, 0.25) is 0 Å². The molecule has 0 aliphatic rings. The number of carbonyl (C=O) groups is 1. The van der Waals surface area contributed by atoms with E-state index in [1.165, 1.54) is 19.2 Å². The second kappa shape index (κ2) is 5.69. The van der Waals surface area contributed by atoms with Crippen LogP contribution >= 0.6 is 0 Å². The Morgan fingerprint density at radius 3 is 2.58 bits per heavy atom. The lowest BCUT2D eigenvalue weighted by Gasteiger charge is -2.22. The maximum atomic E-state index is 11.2. The van der Waals surface area contributed by atoms with Crippen LogP contribution in [0.5, 0.6) is 5.75 Å². The average Bonchev–Trinajstić information content (AvgIpc) is 2.38. The third-order valence-electron chi connectivity index (χ3n) is 3.33. The number of hydrogen-bond donors (Lipinski definition) is 1. The van der Waals surface area contributed by atoms with Gasteiger partial charge in [0.05, 0.1) is 17.4 Å². The molecule has 0 saturated carbocycles. The van der Waals surface area contributed by atoms with E-state index >= 15 is 0 Å². The van der Waals surface area contributed by atoms with E-state index in [-0.39, 0.29) is 17.9 Å². The van der Waals surface area contributed by atoms with Gasteiger partial charge in [0.25, 0.3) is 0 Å². The SMILES string of the molecule is CCC(C)(Cc1ccc(OC)c([N+](=O)[O-])c1)C(=O)O. The van der Waals surface area contributed by atoms with Gasteiger partial charge in [-0.1, -0.05) is 13.0 Å². The van der Waals surface area contributed by atoms with Gasteiger partial charge in [-0.05, 0) is 31.4 Å². The molecule has 0 heterocycles. The molecule has 6 heteroatoms. The zero-order valence-corrected chi connectivity index (χ0v) is 11.2. The molecule has 1 N–H and O–H groups in total. The summed E-state index contributed by atoms with van der Waals surface area (Å²) in [5, 5.41) is 20.1. The molecule has 1 unspecified atom stereocenters. The zero-order valence-electron chi connectivity index (χ0n) is 11.2. The maximum absolute atomic E-state index is 11.2. The van der Waals surface area contributed by atoms with E-state index in [1.54, 1.807) is 19.9 Å². The van der Waals surface area contributed by atoms with Crippen LogP contribution in [0.25, 0.3) is 0 Å². The van der Waals surface area contributed by atoms with Crippen LogP contribution in [-0.4, -0.2) is 23.1 Å². The fourth-order valence-corrected chi connectivity index (χ4v) is 1.79. The molecule has 0 aliphatic heterocycles. The molecule has 0 fully saturated rings. The molecule has 19 heavy (non-hydrogen) atoms. The molecule has 1 atom stereocenters. The largest absolute Gasteiger partial charge is 0.490 e. The summed E-state index contributed by atoms with van der Waals surface area (Å²) < 4.78 is 4.91. The van der Waals surface area contributed by atoms with E-state index in [0.717, 1.165) is 0 Å². The van der Waals surface area contributed by atoms with Gasteiger partial charge in [0.1, 0.15) is 0 Å². The minimum atomic E-state index is -0.928. The molecule has 6 nitrogen and oxygen atoms in total. The van der Waals surface area contributed by atoms with Gasteiger partial charge in [-0.3, -0.25) is 14.9 Å². The van der Waals surface area contributed by atoms with E-state index in [2.05, 4.69) is 0 Å². The Kier molecular flexibility index (Phi) is 4.47. The summed E-state index contributed by atoms with van der Waals surface area (Å²) in [5.74, 6) is -0.740. The first-order valence-corrected chi connectivity index (χ1v) is 5.88. The molecule has 0 aromatic heterocycles. The number of hydrogen-bond acceptors (Lipinski definition) is 4. The molecular formula is C13H17NO5. The van der Waals surface area contributed by atoms with E-state index in [0.29, 0.717) is 12.0 Å². The Morgan fingerprint density at radius 1 is 1.53 bits per heavy atom. The van der Waals surface area contributed by atoms with Crippen molar-refractivity contribution in [3.05, 3.63) is 33.9 Å². The quantitative estimate of drug-likeness (QED) is 0.632. The summed E-state index contributed by atoms with van der Waals surface area (Å²) in [6.45, 7) is 3.41. The normalized spacial score (nSPS) is 13.6. The summed E-state index contributed by atoms with van der Waals surface area (Å²) in [5.41, 5.74) is -0.467. The van der Waals surface area contributed by atoms with E-state index in [1.807, 2.05) is 0 Å². The number of methoxy groups -OCH3 is 1. The van der Waals surface area contributed by atoms with Crippen molar-refractivity contribution in [3.8, 4) is 5.75 Å². The van der Waals surface area contributed by atoms with Crippen molar-refractivity contribution >= 4 is 11.7 Å². The standard InChI is InChI=1S/C13H17NO5/c1-4-13(2,12(15)16)8-9-5-6-11(19-3)10(7-9)14(17)18/h5-7H,4,8H2,1-3H3,(H,15,16). The minimum Gasteiger partial charge on any atom is -0.490 e. The average molecular weight is 267 g/mol. The summed E-state index contributed by atoms with van der Waals surface area (Å²) in [6, 6.07) is 4.52. The molecule has 0 bridgehead atoms. The monoisotopic (exact) mass is 267 g/mol. The highest BCUT2D eigenvalue weighted by Crippen LogP contribution is 2.32. The van der Waals surface area contributed by atoms with Crippen LogP contribution in [0.15, 0.2) is 18.2 Å². The van der Waals surface area contributed by atoms with Gasteiger partial charge in [-0.15, -0.1) is 0 Å². The van der Waals surface area contributed by atoms with Crippen molar-refractivity contribution in [2.75, 3.05) is 7.11 Å². The van der Waals surface area contributed by atoms with E-state index in [4.69, 9.17) is 4.74 Å². The number of ether oxygens (including phenoxy) is 1. The van der Waals surface area contributed by atoms with Crippen LogP contribution in [0.1, 0.15) is 25.8 Å². The Bertz CT molecular complexity index is 500. The van der Waals surface area contributed by atoms with Crippen molar-refractivity contribution in [2.45, 2.75) is 26.7 Å². The number of nitro groups is 1. The Balaban J connectivity index is 3.13. The first-order valence-electron chi connectivity index (χ1n) is 5.88. The lowest BCUT2D eigenvalue weighted by atomic mass is 9.81. The summed E-state index contributed by atoms with van der Waals surface area (Å²) >= 11 is 0. The van der Waals surface area contributed by atoms with Crippen LogP contribution in [0.3, 0.4) is 0 Å². The Labute approximate surface area is 111 Å². The van der Waals surface area contributed by atoms with Gasteiger partial charge >= 0.3 is 11.7 Å². The number of nitrogens with zero attached hydrogens (tertiary/aromatic N) is 1. The predicted molar refractivity (Wildman–Crippen MR) is 69.4 cm³/mol. The third kappa shape index (κ3) is 3.21. The third-order valence-corrected chi connectivity index (χ3v) is 3.33. The van der Waals surface area contributed by atoms with E-state index < -0.39 is 16.3 Å². The lowest BCUT2D eigenvalue weighted by Crippen LogP contribution is -2.29. The second-order valence-corrected chi connectivity index (χ2v) is 4.66. The van der Waals surface area contributed by atoms with Crippen LogP contribution < -0.4 is 4.74 Å². The molecule has 0 amide bonds. The molecule has 104 valence electrons. The Morgan fingerprint density at radius 2 is 2.16 bits per heavy atom. The van der Waals surface area contributed by atoms with Crippen LogP contribution in [0.4, 0.5) is 5.69 Å². The van der Waals surface area contributed by atoms with Gasteiger partial charge in [-0.2, -0.15) is 0 Å². The highest BCUT2D eigenvalue weighted by atomic mass is 16.6. The lowest BCUT2D eigenvalue weighted by molar-refractivity contribution is -0.385. The highest BCUT2D eigenvalue weighted by Gasteiger charge is 2.32. The van der Waals surface area contributed by atoms with Gasteiger partial charge < -0.3 is 9.84 Å². The van der Waals surface area contributed by atoms with Crippen LogP contribution in [-0.2, 0) is 11.2 Å². The molecule has 1 rings (SSSR count). The van der Waals surface area contributed by atoms with Crippen LogP contribution in [0, 0.1) is 15.5 Å². The van der Waals surface area contributed by atoms with Crippen molar-refractivity contribution in [3.63, 3.8) is 0 Å². The number of rotatable bonds is 6. The van der Waals surface area contributed by atoms with Crippen molar-refractivity contribution in [2.24, 2.45) is 5.41 Å². The van der Waals surface area contributed by atoms with E-state index in [9.17, 15) is 20.0 Å². The number of aliphatic carboxylic acids is 1. The second-order valence-electron chi connectivity index (χ2n) is 4.66. The molecule has 1 aromatic carbocycles. The van der Waals surface area contributed by atoms with Gasteiger partial charge in [0.2, 0.25) is 0 Å². The first kappa shape index (κ1) is 14.9. The number of carboxylic acid groups (broad SMARTS) is 1. The predicted octanol–water partition coefficient (Wildman–Crippen LogP) is 2.65. The molecule has 0 aliphatic carbocycles. The van der Waals surface area contributed by atoms with Gasteiger partial charge in [0, 0.05) is 6.07 Å². The molecule has 0 saturated heterocycles. The van der Waals surface area contributed by atoms with Crippen molar-refractivity contribution in [1.82, 2.24) is 0 Å². The molecule has 0 spiro atoms. The summed E-state index contributed by atoms with van der Waals surface area (Å²) in [7, 11) is 1.36. The summed E-state index contributed by atoms with van der Waals surface area (Å²) in [4.78, 5) is 21.6. The van der Waals surface area contributed by atoms with Gasteiger partial charge in [-0.25, -0.2) is 0 Å². The molecular weight excluding hydrogens is 250 g/mol. The highest BCUT2D eigenvalue weighted by molar-refractivity contribution is 5.74. The fraction of sp³-hybridized carbons (Fsp3) is 0.462. The maximum Gasteiger partial charge on any atom is 0.311 e. The Hall–Kier alpha value is -2.11. The minimum absolute atomic E-state index is 0.149. The summed E-state index contributed by atoms with van der Waals surface area (Å²) in [6.07, 6.45) is 0.686. The number of carboxylic acids is 1. The van der Waals surface area contributed by atoms with Gasteiger partial charge in [0.15, 0.2) is 5.75 Å². The fourth-order valence-electron chi connectivity index (χ4n) is 1.79. The van der Waals surface area contributed by atoms with Crippen molar-refractivity contribution in [1.29, 1.82) is 0 Å². The zero-order chi connectivity index (χ0) is 14.6. The first-order chi connectivity index (χ1) is 8.84. The topological polar surface area (TPSA) is 89.7 Å². The molecule has 1 aromatic rings. The number of nitro benzene ring substituents is 1.